The second kappa shape index (κ2) is 4.39. The standard InChI is InChI=1S/C15H19NO3/c1-4-13-14(19-6-5-18-13)7-11(1)15(9-17-10-15)8-16-12-2-3-12/h1,4,7,12,16H,2-3,5-6,8-10H2. The third-order valence-electron chi connectivity index (χ3n) is 4.22. The molecule has 0 radical (unpaired) electrons. The highest BCUT2D eigenvalue weighted by Gasteiger charge is 2.41. The Kier molecular flexibility index (Phi) is 2.67. The Morgan fingerprint density at radius 3 is 2.58 bits per heavy atom. The van der Waals surface area contributed by atoms with Gasteiger partial charge in [0.05, 0.1) is 18.6 Å². The van der Waals surface area contributed by atoms with Gasteiger partial charge in [0.15, 0.2) is 11.5 Å². The second-order valence-electron chi connectivity index (χ2n) is 5.79. The molecule has 3 aliphatic rings. The maximum atomic E-state index is 5.68. The van der Waals surface area contributed by atoms with E-state index in [0.29, 0.717) is 13.2 Å². The van der Waals surface area contributed by atoms with E-state index in [4.69, 9.17) is 14.2 Å². The molecule has 0 spiro atoms. The number of hydrogen-bond donors (Lipinski definition) is 1. The molecule has 4 nitrogen and oxygen atoms in total. The van der Waals surface area contributed by atoms with Crippen molar-refractivity contribution in [3.8, 4) is 11.5 Å². The van der Waals surface area contributed by atoms with Crippen LogP contribution in [0.2, 0.25) is 0 Å². The Morgan fingerprint density at radius 2 is 1.89 bits per heavy atom. The van der Waals surface area contributed by atoms with Crippen molar-refractivity contribution < 1.29 is 14.2 Å². The number of hydrogen-bond acceptors (Lipinski definition) is 4. The zero-order chi connectivity index (χ0) is 12.7. The van der Waals surface area contributed by atoms with E-state index in [1.165, 1.54) is 18.4 Å². The summed E-state index contributed by atoms with van der Waals surface area (Å²) in [5.74, 6) is 1.74. The lowest BCUT2D eigenvalue weighted by Gasteiger charge is -2.42. The van der Waals surface area contributed by atoms with Gasteiger partial charge in [-0.1, -0.05) is 6.07 Å². The molecule has 2 aliphatic heterocycles. The fraction of sp³-hybridized carbons (Fsp3) is 0.600. The van der Waals surface area contributed by atoms with Crippen molar-refractivity contribution in [3.05, 3.63) is 23.8 Å². The molecule has 2 heterocycles. The Morgan fingerprint density at radius 1 is 1.11 bits per heavy atom. The number of rotatable bonds is 4. The smallest absolute Gasteiger partial charge is 0.161 e. The minimum atomic E-state index is 0.123. The van der Waals surface area contributed by atoms with Crippen molar-refractivity contribution in [2.45, 2.75) is 24.3 Å². The summed E-state index contributed by atoms with van der Waals surface area (Å²) < 4.78 is 16.7. The van der Waals surface area contributed by atoms with Crippen LogP contribution in [0.1, 0.15) is 18.4 Å². The number of fused-ring (bicyclic) bond motifs is 1. The van der Waals surface area contributed by atoms with E-state index in [1.54, 1.807) is 0 Å². The van der Waals surface area contributed by atoms with Crippen molar-refractivity contribution in [1.29, 1.82) is 0 Å². The molecule has 0 aromatic heterocycles. The van der Waals surface area contributed by atoms with Crippen molar-refractivity contribution in [1.82, 2.24) is 5.32 Å². The number of nitrogens with one attached hydrogen (secondary N) is 1. The van der Waals surface area contributed by atoms with E-state index < -0.39 is 0 Å². The number of ether oxygens (including phenoxy) is 3. The van der Waals surface area contributed by atoms with Crippen LogP contribution in [-0.2, 0) is 10.2 Å². The molecule has 4 rings (SSSR count). The Labute approximate surface area is 113 Å². The summed E-state index contributed by atoms with van der Waals surface area (Å²) in [5, 5.41) is 3.63. The van der Waals surface area contributed by atoms with Crippen LogP contribution < -0.4 is 14.8 Å². The van der Waals surface area contributed by atoms with Gasteiger partial charge in [-0.2, -0.15) is 0 Å². The van der Waals surface area contributed by atoms with Gasteiger partial charge in [-0.3, -0.25) is 0 Å². The molecule has 0 amide bonds. The van der Waals surface area contributed by atoms with Gasteiger partial charge in [0.25, 0.3) is 0 Å². The van der Waals surface area contributed by atoms with Crippen LogP contribution in [0, 0.1) is 0 Å². The predicted molar refractivity (Wildman–Crippen MR) is 71.0 cm³/mol. The van der Waals surface area contributed by atoms with Gasteiger partial charge in [-0.25, -0.2) is 0 Å². The fourth-order valence-corrected chi connectivity index (χ4v) is 2.72. The molecule has 1 saturated carbocycles. The summed E-state index contributed by atoms with van der Waals surface area (Å²) in [4.78, 5) is 0. The molecule has 0 atom stereocenters. The van der Waals surface area contributed by atoms with Crippen LogP contribution in [0.15, 0.2) is 18.2 Å². The summed E-state index contributed by atoms with van der Waals surface area (Å²) in [6, 6.07) is 7.05. The first-order valence-corrected chi connectivity index (χ1v) is 7.07. The minimum Gasteiger partial charge on any atom is -0.486 e. The lowest BCUT2D eigenvalue weighted by atomic mass is 9.78. The van der Waals surface area contributed by atoms with Gasteiger partial charge in [-0.15, -0.1) is 0 Å². The van der Waals surface area contributed by atoms with E-state index in [1.807, 2.05) is 6.07 Å². The minimum absolute atomic E-state index is 0.123. The normalized spacial score (nSPS) is 23.8. The quantitative estimate of drug-likeness (QED) is 0.891. The summed E-state index contributed by atoms with van der Waals surface area (Å²) in [7, 11) is 0. The maximum Gasteiger partial charge on any atom is 0.161 e. The molecule has 0 bridgehead atoms. The first kappa shape index (κ1) is 11.6. The average molecular weight is 261 g/mol. The van der Waals surface area contributed by atoms with Crippen LogP contribution in [-0.4, -0.2) is 39.0 Å². The van der Waals surface area contributed by atoms with Crippen LogP contribution in [0.5, 0.6) is 11.5 Å². The van der Waals surface area contributed by atoms with Gasteiger partial charge in [0.2, 0.25) is 0 Å². The van der Waals surface area contributed by atoms with Crippen molar-refractivity contribution in [3.63, 3.8) is 0 Å². The highest BCUT2D eigenvalue weighted by atomic mass is 16.6. The monoisotopic (exact) mass is 261 g/mol. The molecular weight excluding hydrogens is 242 g/mol. The second-order valence-corrected chi connectivity index (χ2v) is 5.79. The molecule has 1 aromatic carbocycles. The zero-order valence-electron chi connectivity index (χ0n) is 11.0. The molecule has 4 heteroatoms. The maximum absolute atomic E-state index is 5.68. The van der Waals surface area contributed by atoms with Crippen molar-refractivity contribution in [2.24, 2.45) is 0 Å². The predicted octanol–water partition coefficient (Wildman–Crippen LogP) is 1.48. The van der Waals surface area contributed by atoms with Crippen LogP contribution in [0.25, 0.3) is 0 Å². The summed E-state index contributed by atoms with van der Waals surface area (Å²) in [6.07, 6.45) is 2.64. The molecule has 1 N–H and O–H groups in total. The molecular formula is C15H19NO3. The van der Waals surface area contributed by atoms with Crippen molar-refractivity contribution in [2.75, 3.05) is 33.0 Å². The van der Waals surface area contributed by atoms with Gasteiger partial charge in [0.1, 0.15) is 13.2 Å². The summed E-state index contributed by atoms with van der Waals surface area (Å²) in [5.41, 5.74) is 1.43. The van der Waals surface area contributed by atoms with Crippen LogP contribution in [0.3, 0.4) is 0 Å². The Balaban J connectivity index is 1.58. The van der Waals surface area contributed by atoms with Crippen LogP contribution >= 0.6 is 0 Å². The summed E-state index contributed by atoms with van der Waals surface area (Å²) in [6.45, 7) is 3.88. The Hall–Kier alpha value is -1.26. The van der Waals surface area contributed by atoms with E-state index in [0.717, 1.165) is 37.3 Å². The highest BCUT2D eigenvalue weighted by Crippen LogP contribution is 2.39. The largest absolute Gasteiger partial charge is 0.486 e. The molecule has 1 aliphatic carbocycles. The molecule has 2 fully saturated rings. The first-order valence-electron chi connectivity index (χ1n) is 7.07. The van der Waals surface area contributed by atoms with Gasteiger partial charge >= 0.3 is 0 Å². The third kappa shape index (κ3) is 2.09. The van der Waals surface area contributed by atoms with E-state index in [9.17, 15) is 0 Å². The molecule has 19 heavy (non-hydrogen) atoms. The van der Waals surface area contributed by atoms with E-state index in [2.05, 4.69) is 17.4 Å². The van der Waals surface area contributed by atoms with Crippen LogP contribution in [0.4, 0.5) is 0 Å². The molecule has 1 aromatic rings. The third-order valence-corrected chi connectivity index (χ3v) is 4.22. The molecule has 0 unspecified atom stereocenters. The Bertz CT molecular complexity index is 480. The average Bonchev–Trinajstić information content (AvgIpc) is 3.21. The van der Waals surface area contributed by atoms with Crippen molar-refractivity contribution >= 4 is 0 Å². The molecule has 1 saturated heterocycles. The topological polar surface area (TPSA) is 39.7 Å². The van der Waals surface area contributed by atoms with Gasteiger partial charge < -0.3 is 19.5 Å². The van der Waals surface area contributed by atoms with Gasteiger partial charge in [-0.05, 0) is 30.5 Å². The fourth-order valence-electron chi connectivity index (χ4n) is 2.72. The SMILES string of the molecule is c1cc2c(cc1C1(CNC3CC3)COC1)OCCO2. The van der Waals surface area contributed by atoms with Gasteiger partial charge in [0, 0.05) is 12.6 Å². The number of benzene rings is 1. The first-order chi connectivity index (χ1) is 9.36. The molecule has 102 valence electrons. The lowest BCUT2D eigenvalue weighted by Crippen LogP contribution is -2.53. The zero-order valence-corrected chi connectivity index (χ0v) is 11.0. The van der Waals surface area contributed by atoms with E-state index in [-0.39, 0.29) is 5.41 Å². The van der Waals surface area contributed by atoms with E-state index >= 15 is 0 Å². The lowest BCUT2D eigenvalue weighted by molar-refractivity contribution is -0.0593. The summed E-state index contributed by atoms with van der Waals surface area (Å²) >= 11 is 0. The highest BCUT2D eigenvalue weighted by molar-refractivity contribution is 5.46.